The van der Waals surface area contributed by atoms with Crippen LogP contribution in [0, 0.1) is 0 Å². The molecule has 1 amide bonds. The van der Waals surface area contributed by atoms with E-state index in [2.05, 4.69) is 17.5 Å². The van der Waals surface area contributed by atoms with Crippen molar-refractivity contribution in [3.05, 3.63) is 59.2 Å². The van der Waals surface area contributed by atoms with Gasteiger partial charge in [0.2, 0.25) is 6.79 Å². The number of ether oxygens (including phenoxy) is 2. The molecule has 0 spiro atoms. The molecule has 118 valence electrons. The van der Waals surface area contributed by atoms with E-state index in [1.807, 2.05) is 37.3 Å². The molecule has 0 saturated heterocycles. The van der Waals surface area contributed by atoms with Crippen LogP contribution in [0.4, 0.5) is 0 Å². The molecule has 1 aliphatic rings. The van der Waals surface area contributed by atoms with Gasteiger partial charge in [-0.2, -0.15) is 5.10 Å². The second-order valence-electron chi connectivity index (χ2n) is 5.26. The maximum atomic E-state index is 12.1. The van der Waals surface area contributed by atoms with Crippen LogP contribution in [0.2, 0.25) is 0 Å². The Hall–Kier alpha value is -2.82. The van der Waals surface area contributed by atoms with Crippen molar-refractivity contribution in [3.8, 4) is 11.5 Å². The van der Waals surface area contributed by atoms with E-state index in [0.717, 1.165) is 17.7 Å². The summed E-state index contributed by atoms with van der Waals surface area (Å²) in [5.74, 6) is 1.19. The maximum Gasteiger partial charge on any atom is 0.271 e. The number of carbonyl (C=O) groups excluding carboxylic acids is 1. The molecule has 2 aromatic carbocycles. The largest absolute Gasteiger partial charge is 0.454 e. The van der Waals surface area contributed by atoms with E-state index in [-0.39, 0.29) is 12.7 Å². The van der Waals surface area contributed by atoms with Crippen LogP contribution in [0.25, 0.3) is 0 Å². The van der Waals surface area contributed by atoms with Gasteiger partial charge in [-0.3, -0.25) is 4.79 Å². The first-order chi connectivity index (χ1) is 11.2. The van der Waals surface area contributed by atoms with E-state index in [1.165, 1.54) is 5.56 Å². The summed E-state index contributed by atoms with van der Waals surface area (Å²) in [7, 11) is 0. The summed E-state index contributed by atoms with van der Waals surface area (Å²) in [6.45, 7) is 4.14. The first-order valence-corrected chi connectivity index (χ1v) is 7.51. The average molecular weight is 310 g/mol. The molecule has 1 N–H and O–H groups in total. The van der Waals surface area contributed by atoms with Gasteiger partial charge in [-0.25, -0.2) is 5.43 Å². The molecular formula is C18H18N2O3. The second kappa shape index (κ2) is 6.52. The molecule has 0 unspecified atom stereocenters. The average Bonchev–Trinajstić information content (AvgIpc) is 3.07. The fourth-order valence-electron chi connectivity index (χ4n) is 2.28. The number of rotatable bonds is 4. The smallest absolute Gasteiger partial charge is 0.271 e. The lowest BCUT2D eigenvalue weighted by Gasteiger charge is -2.05. The molecule has 0 fully saturated rings. The van der Waals surface area contributed by atoms with Gasteiger partial charge in [-0.05, 0) is 49.2 Å². The summed E-state index contributed by atoms with van der Waals surface area (Å²) in [4.78, 5) is 12.1. The fourth-order valence-corrected chi connectivity index (χ4v) is 2.28. The van der Waals surface area contributed by atoms with Crippen LogP contribution in [0.15, 0.2) is 47.6 Å². The Balaban J connectivity index is 1.69. The van der Waals surface area contributed by atoms with Gasteiger partial charge in [0.05, 0.1) is 5.71 Å². The van der Waals surface area contributed by atoms with E-state index in [0.29, 0.717) is 17.0 Å². The van der Waals surface area contributed by atoms with Gasteiger partial charge in [0.25, 0.3) is 5.91 Å². The van der Waals surface area contributed by atoms with Gasteiger partial charge in [-0.1, -0.05) is 19.1 Å². The molecule has 5 heteroatoms. The Morgan fingerprint density at radius 1 is 1.09 bits per heavy atom. The zero-order chi connectivity index (χ0) is 16.2. The number of nitrogens with zero attached hydrogens (tertiary/aromatic N) is 1. The minimum Gasteiger partial charge on any atom is -0.454 e. The van der Waals surface area contributed by atoms with E-state index in [9.17, 15) is 4.79 Å². The van der Waals surface area contributed by atoms with Gasteiger partial charge in [0.1, 0.15) is 0 Å². The van der Waals surface area contributed by atoms with Crippen LogP contribution in [0.1, 0.15) is 35.3 Å². The number of hydrogen-bond acceptors (Lipinski definition) is 4. The third-order valence-corrected chi connectivity index (χ3v) is 3.74. The highest BCUT2D eigenvalue weighted by Crippen LogP contribution is 2.32. The van der Waals surface area contributed by atoms with Crippen molar-refractivity contribution in [3.63, 3.8) is 0 Å². The van der Waals surface area contributed by atoms with Crippen molar-refractivity contribution >= 4 is 11.6 Å². The zero-order valence-corrected chi connectivity index (χ0v) is 13.1. The molecular weight excluding hydrogens is 292 g/mol. The quantitative estimate of drug-likeness (QED) is 0.697. The summed E-state index contributed by atoms with van der Waals surface area (Å²) in [6.07, 6.45) is 0.948. The van der Waals surface area contributed by atoms with Crippen LogP contribution < -0.4 is 14.9 Å². The number of hydrazone groups is 1. The standard InChI is InChI=1S/C18H18N2O3/c1-3-13-4-6-14(7-5-13)18(21)20-19-12(2)15-8-9-16-17(10-15)23-11-22-16/h4-10H,3,11H2,1-2H3,(H,20,21)/b19-12-. The molecule has 5 nitrogen and oxygen atoms in total. The lowest BCUT2D eigenvalue weighted by atomic mass is 10.1. The van der Waals surface area contributed by atoms with Crippen LogP contribution in [-0.2, 0) is 6.42 Å². The van der Waals surface area contributed by atoms with Crippen molar-refractivity contribution in [2.24, 2.45) is 5.10 Å². The molecule has 0 bridgehead atoms. The molecule has 0 aliphatic carbocycles. The molecule has 0 aromatic heterocycles. The molecule has 3 rings (SSSR count). The normalized spacial score (nSPS) is 13.0. The third kappa shape index (κ3) is 3.34. The summed E-state index contributed by atoms with van der Waals surface area (Å²) in [5.41, 5.74) is 5.93. The predicted molar refractivity (Wildman–Crippen MR) is 88.1 cm³/mol. The molecule has 23 heavy (non-hydrogen) atoms. The number of benzene rings is 2. The van der Waals surface area contributed by atoms with Crippen LogP contribution >= 0.6 is 0 Å². The lowest BCUT2D eigenvalue weighted by molar-refractivity contribution is 0.0955. The summed E-state index contributed by atoms with van der Waals surface area (Å²) in [5, 5.41) is 4.16. The second-order valence-corrected chi connectivity index (χ2v) is 5.26. The zero-order valence-electron chi connectivity index (χ0n) is 13.1. The molecule has 0 saturated carbocycles. The van der Waals surface area contributed by atoms with E-state index < -0.39 is 0 Å². The molecule has 0 atom stereocenters. The first-order valence-electron chi connectivity index (χ1n) is 7.51. The Labute approximate surface area is 134 Å². The van der Waals surface area contributed by atoms with Crippen LogP contribution in [-0.4, -0.2) is 18.4 Å². The van der Waals surface area contributed by atoms with Crippen LogP contribution in [0.3, 0.4) is 0 Å². The summed E-state index contributed by atoms with van der Waals surface area (Å²) >= 11 is 0. The minimum absolute atomic E-state index is 0.229. The predicted octanol–water partition coefficient (Wildman–Crippen LogP) is 3.13. The Bertz CT molecular complexity index is 751. The van der Waals surface area contributed by atoms with E-state index in [1.54, 1.807) is 12.1 Å². The van der Waals surface area contributed by atoms with Crippen LogP contribution in [0.5, 0.6) is 11.5 Å². The lowest BCUT2D eigenvalue weighted by Crippen LogP contribution is -2.19. The highest BCUT2D eigenvalue weighted by molar-refractivity contribution is 6.01. The minimum atomic E-state index is -0.229. The van der Waals surface area contributed by atoms with Gasteiger partial charge in [0, 0.05) is 11.1 Å². The number of hydrogen-bond donors (Lipinski definition) is 1. The summed E-state index contributed by atoms with van der Waals surface area (Å²) < 4.78 is 10.6. The van der Waals surface area contributed by atoms with Crippen molar-refractivity contribution in [1.82, 2.24) is 5.43 Å². The Morgan fingerprint density at radius 3 is 2.52 bits per heavy atom. The van der Waals surface area contributed by atoms with Gasteiger partial charge in [0.15, 0.2) is 11.5 Å². The molecule has 2 aromatic rings. The Morgan fingerprint density at radius 2 is 1.78 bits per heavy atom. The van der Waals surface area contributed by atoms with Gasteiger partial charge >= 0.3 is 0 Å². The monoisotopic (exact) mass is 310 g/mol. The maximum absolute atomic E-state index is 12.1. The third-order valence-electron chi connectivity index (χ3n) is 3.74. The van der Waals surface area contributed by atoms with E-state index >= 15 is 0 Å². The van der Waals surface area contributed by atoms with Gasteiger partial charge < -0.3 is 9.47 Å². The van der Waals surface area contributed by atoms with Gasteiger partial charge in [-0.15, -0.1) is 0 Å². The summed E-state index contributed by atoms with van der Waals surface area (Å²) in [6, 6.07) is 13.1. The number of aryl methyl sites for hydroxylation is 1. The highest BCUT2D eigenvalue weighted by Gasteiger charge is 2.14. The Kier molecular flexibility index (Phi) is 4.28. The molecule has 1 heterocycles. The number of fused-ring (bicyclic) bond motifs is 1. The van der Waals surface area contributed by atoms with Crippen molar-refractivity contribution < 1.29 is 14.3 Å². The van der Waals surface area contributed by atoms with Crippen molar-refractivity contribution in [1.29, 1.82) is 0 Å². The SMILES string of the molecule is CCc1ccc(C(=O)N/N=C(/C)c2ccc3c(c2)OCO3)cc1. The number of nitrogens with one attached hydrogen (secondary N) is 1. The highest BCUT2D eigenvalue weighted by atomic mass is 16.7. The van der Waals surface area contributed by atoms with Crippen molar-refractivity contribution in [2.75, 3.05) is 6.79 Å². The van der Waals surface area contributed by atoms with Crippen molar-refractivity contribution in [2.45, 2.75) is 20.3 Å². The fraction of sp³-hybridized carbons (Fsp3) is 0.222. The topological polar surface area (TPSA) is 59.9 Å². The number of carbonyl (C=O) groups is 1. The number of amides is 1. The van der Waals surface area contributed by atoms with E-state index in [4.69, 9.17) is 9.47 Å². The molecule has 0 radical (unpaired) electrons. The molecule has 1 aliphatic heterocycles. The first kappa shape index (κ1) is 15.1.